The third-order valence-electron chi connectivity index (χ3n) is 3.16. The lowest BCUT2D eigenvalue weighted by Gasteiger charge is -2.26. The Morgan fingerprint density at radius 1 is 1.35 bits per heavy atom. The van der Waals surface area contributed by atoms with E-state index in [4.69, 9.17) is 9.15 Å². The van der Waals surface area contributed by atoms with Crippen molar-refractivity contribution >= 4 is 11.6 Å². The third kappa shape index (κ3) is 2.61. The van der Waals surface area contributed by atoms with Crippen molar-refractivity contribution in [2.45, 2.75) is 19.6 Å². The van der Waals surface area contributed by atoms with Gasteiger partial charge >= 0.3 is 0 Å². The Morgan fingerprint density at radius 3 is 3.00 bits per heavy atom. The first-order valence-corrected chi connectivity index (χ1v) is 6.55. The Bertz CT molecular complexity index is 621. The summed E-state index contributed by atoms with van der Waals surface area (Å²) in [5, 5.41) is 6.00. The van der Waals surface area contributed by atoms with Gasteiger partial charge in [0.15, 0.2) is 6.10 Å². The number of hydrogen-bond acceptors (Lipinski definition) is 4. The summed E-state index contributed by atoms with van der Waals surface area (Å²) in [6.45, 7) is 2.70. The lowest BCUT2D eigenvalue weighted by molar-refractivity contribution is -0.127. The summed E-state index contributed by atoms with van der Waals surface area (Å²) in [4.78, 5) is 12.1. The number of anilines is 1. The zero-order valence-corrected chi connectivity index (χ0v) is 11.2. The molecule has 1 atom stereocenters. The van der Waals surface area contributed by atoms with Crippen LogP contribution in [0.1, 0.15) is 11.5 Å². The molecule has 0 saturated heterocycles. The molecule has 0 saturated carbocycles. The molecule has 0 bridgehead atoms. The van der Waals surface area contributed by atoms with Crippen molar-refractivity contribution in [1.82, 2.24) is 5.32 Å². The van der Waals surface area contributed by atoms with Crippen LogP contribution >= 0.6 is 0 Å². The van der Waals surface area contributed by atoms with E-state index in [1.807, 2.05) is 43.3 Å². The lowest BCUT2D eigenvalue weighted by Crippen LogP contribution is -2.44. The minimum absolute atomic E-state index is 0.152. The van der Waals surface area contributed by atoms with E-state index in [0.29, 0.717) is 18.8 Å². The Morgan fingerprint density at radius 2 is 2.20 bits per heavy atom. The molecule has 1 amide bonds. The summed E-state index contributed by atoms with van der Waals surface area (Å²) in [6.07, 6.45) is -0.527. The summed E-state index contributed by atoms with van der Waals surface area (Å²) in [5.41, 5.74) is 0.915. The van der Waals surface area contributed by atoms with Crippen LogP contribution in [-0.2, 0) is 11.3 Å². The monoisotopic (exact) mass is 272 g/mol. The number of nitrogens with one attached hydrogen (secondary N) is 2. The fourth-order valence-corrected chi connectivity index (χ4v) is 2.13. The van der Waals surface area contributed by atoms with E-state index in [1.54, 1.807) is 0 Å². The van der Waals surface area contributed by atoms with Gasteiger partial charge in [0.2, 0.25) is 0 Å². The number of ether oxygens (including phenoxy) is 1. The van der Waals surface area contributed by atoms with Gasteiger partial charge in [0.05, 0.1) is 18.8 Å². The second kappa shape index (κ2) is 5.28. The van der Waals surface area contributed by atoms with Crippen LogP contribution in [0, 0.1) is 6.92 Å². The zero-order valence-electron chi connectivity index (χ0n) is 11.2. The van der Waals surface area contributed by atoms with Gasteiger partial charge in [-0.25, -0.2) is 0 Å². The number of carbonyl (C=O) groups is 1. The number of carbonyl (C=O) groups excluding carboxylic acids is 1. The van der Waals surface area contributed by atoms with Gasteiger partial charge in [-0.3, -0.25) is 4.79 Å². The second-order valence-corrected chi connectivity index (χ2v) is 4.71. The minimum Gasteiger partial charge on any atom is -0.477 e. The molecule has 1 aliphatic heterocycles. The van der Waals surface area contributed by atoms with Gasteiger partial charge in [-0.2, -0.15) is 0 Å². The van der Waals surface area contributed by atoms with Crippen molar-refractivity contribution < 1.29 is 13.9 Å². The number of amides is 1. The topological polar surface area (TPSA) is 63.5 Å². The first-order valence-electron chi connectivity index (χ1n) is 6.55. The highest BCUT2D eigenvalue weighted by Crippen LogP contribution is 2.28. The largest absolute Gasteiger partial charge is 0.477 e. The fraction of sp³-hybridized carbons (Fsp3) is 0.267. The number of fused-ring (bicyclic) bond motifs is 1. The van der Waals surface area contributed by atoms with Gasteiger partial charge in [0.25, 0.3) is 5.91 Å². The summed E-state index contributed by atoms with van der Waals surface area (Å²) in [7, 11) is 0. The van der Waals surface area contributed by atoms with Gasteiger partial charge in [-0.05, 0) is 31.2 Å². The summed E-state index contributed by atoms with van der Waals surface area (Å²) >= 11 is 0. The van der Waals surface area contributed by atoms with Crippen LogP contribution in [0.5, 0.6) is 5.75 Å². The van der Waals surface area contributed by atoms with E-state index in [2.05, 4.69) is 10.6 Å². The number of aryl methyl sites for hydroxylation is 1. The van der Waals surface area contributed by atoms with E-state index in [9.17, 15) is 4.79 Å². The van der Waals surface area contributed by atoms with Crippen molar-refractivity contribution in [3.63, 3.8) is 0 Å². The number of hydrogen-bond donors (Lipinski definition) is 2. The standard InChI is InChI=1S/C15H16N2O3/c1-10-6-7-11(19-10)8-17-15(18)14-9-16-12-4-2-3-5-13(12)20-14/h2-7,14,16H,8-9H2,1H3,(H,17,18). The van der Waals surface area contributed by atoms with Crippen LogP contribution in [0.25, 0.3) is 0 Å². The maximum absolute atomic E-state index is 12.1. The molecule has 2 heterocycles. The Labute approximate surface area is 116 Å². The van der Waals surface area contributed by atoms with Crippen molar-refractivity contribution in [2.24, 2.45) is 0 Å². The predicted octanol–water partition coefficient (Wildman–Crippen LogP) is 2.08. The summed E-state index contributed by atoms with van der Waals surface area (Å²) < 4.78 is 11.1. The second-order valence-electron chi connectivity index (χ2n) is 4.71. The Hall–Kier alpha value is -2.43. The highest BCUT2D eigenvalue weighted by atomic mass is 16.5. The average molecular weight is 272 g/mol. The average Bonchev–Trinajstić information content (AvgIpc) is 2.90. The van der Waals surface area contributed by atoms with Crippen LogP contribution in [0.15, 0.2) is 40.8 Å². The number of para-hydroxylation sites is 2. The van der Waals surface area contributed by atoms with E-state index in [1.165, 1.54) is 0 Å². The molecule has 0 spiro atoms. The molecule has 0 aliphatic carbocycles. The molecule has 0 radical (unpaired) electrons. The molecular formula is C15H16N2O3. The fourth-order valence-electron chi connectivity index (χ4n) is 2.13. The molecule has 104 valence electrons. The molecule has 5 nitrogen and oxygen atoms in total. The van der Waals surface area contributed by atoms with Crippen LogP contribution < -0.4 is 15.4 Å². The zero-order chi connectivity index (χ0) is 13.9. The van der Waals surface area contributed by atoms with Gasteiger partial charge in [0, 0.05) is 0 Å². The summed E-state index contributed by atoms with van der Waals surface area (Å²) in [5.74, 6) is 2.12. The van der Waals surface area contributed by atoms with Crippen molar-refractivity contribution in [3.8, 4) is 5.75 Å². The van der Waals surface area contributed by atoms with Crippen molar-refractivity contribution in [1.29, 1.82) is 0 Å². The first kappa shape index (κ1) is 12.6. The normalized spacial score (nSPS) is 16.8. The van der Waals surface area contributed by atoms with Gasteiger partial charge in [0.1, 0.15) is 17.3 Å². The lowest BCUT2D eigenvalue weighted by atomic mass is 10.2. The molecule has 1 aliphatic rings. The molecule has 2 aromatic rings. The Balaban J connectivity index is 1.59. The molecule has 1 unspecified atom stereocenters. The molecule has 1 aromatic heterocycles. The molecule has 2 N–H and O–H groups in total. The molecule has 0 fully saturated rings. The predicted molar refractivity (Wildman–Crippen MR) is 74.6 cm³/mol. The van der Waals surface area contributed by atoms with E-state index in [0.717, 1.165) is 17.2 Å². The van der Waals surface area contributed by atoms with Gasteiger partial charge in [-0.15, -0.1) is 0 Å². The van der Waals surface area contributed by atoms with Crippen LogP contribution in [0.2, 0.25) is 0 Å². The van der Waals surface area contributed by atoms with Gasteiger partial charge < -0.3 is 19.8 Å². The van der Waals surface area contributed by atoms with Crippen LogP contribution in [0.4, 0.5) is 5.69 Å². The quantitative estimate of drug-likeness (QED) is 0.898. The SMILES string of the molecule is Cc1ccc(CNC(=O)C2CNc3ccccc3O2)o1. The first-order chi connectivity index (χ1) is 9.72. The highest BCUT2D eigenvalue weighted by Gasteiger charge is 2.25. The van der Waals surface area contributed by atoms with E-state index < -0.39 is 6.10 Å². The van der Waals surface area contributed by atoms with E-state index >= 15 is 0 Å². The smallest absolute Gasteiger partial charge is 0.263 e. The third-order valence-corrected chi connectivity index (χ3v) is 3.16. The Kier molecular flexibility index (Phi) is 3.33. The number of furan rings is 1. The van der Waals surface area contributed by atoms with Crippen LogP contribution in [0.3, 0.4) is 0 Å². The molecule has 1 aromatic carbocycles. The molecule has 3 rings (SSSR count). The van der Waals surface area contributed by atoms with Crippen molar-refractivity contribution in [3.05, 3.63) is 47.9 Å². The number of benzene rings is 1. The maximum atomic E-state index is 12.1. The van der Waals surface area contributed by atoms with E-state index in [-0.39, 0.29) is 5.91 Å². The van der Waals surface area contributed by atoms with Crippen LogP contribution in [-0.4, -0.2) is 18.6 Å². The maximum Gasteiger partial charge on any atom is 0.263 e. The minimum atomic E-state index is -0.527. The molecular weight excluding hydrogens is 256 g/mol. The molecule has 20 heavy (non-hydrogen) atoms. The van der Waals surface area contributed by atoms with Gasteiger partial charge in [-0.1, -0.05) is 12.1 Å². The summed E-state index contributed by atoms with van der Waals surface area (Å²) in [6, 6.07) is 11.3. The number of rotatable bonds is 3. The molecule has 5 heteroatoms. The highest BCUT2D eigenvalue weighted by molar-refractivity contribution is 5.82. The van der Waals surface area contributed by atoms with Crippen molar-refractivity contribution in [2.75, 3.05) is 11.9 Å².